The molecule has 1 aromatic carbocycles. The summed E-state index contributed by atoms with van der Waals surface area (Å²) in [4.78, 5) is 4.73. The van der Waals surface area contributed by atoms with E-state index in [0.29, 0.717) is 0 Å². The Morgan fingerprint density at radius 2 is 1.82 bits per heavy atom. The Bertz CT molecular complexity index is 359. The second kappa shape index (κ2) is 5.52. The smallest absolute Gasteiger partial charge is 0.0807 e. The number of piperazine rings is 1. The highest BCUT2D eigenvalue weighted by Crippen LogP contribution is 2.28. The van der Waals surface area contributed by atoms with Crippen LogP contribution in [0.2, 0.25) is 0 Å². The third-order valence-electron chi connectivity index (χ3n) is 3.53. The number of aliphatic hydroxyl groups excluding tert-OH is 1. The van der Waals surface area contributed by atoms with E-state index in [-0.39, 0.29) is 6.10 Å². The van der Waals surface area contributed by atoms with Gasteiger partial charge in [-0.2, -0.15) is 0 Å². The summed E-state index contributed by atoms with van der Waals surface area (Å²) in [5, 5.41) is 10.1. The summed E-state index contributed by atoms with van der Waals surface area (Å²) in [6.45, 7) is 6.30. The molecule has 1 N–H and O–H groups in total. The molecule has 1 saturated heterocycles. The molecule has 0 bridgehead atoms. The normalized spacial score (nSPS) is 19.4. The second-order valence-corrected chi connectivity index (χ2v) is 4.77. The maximum Gasteiger partial charge on any atom is 0.0807 e. The first kappa shape index (κ1) is 12.4. The monoisotopic (exact) mass is 234 g/mol. The van der Waals surface area contributed by atoms with E-state index in [1.165, 1.54) is 5.69 Å². The van der Waals surface area contributed by atoms with Gasteiger partial charge in [-0.3, -0.25) is 0 Å². The molecular weight excluding hydrogens is 212 g/mol. The van der Waals surface area contributed by atoms with Gasteiger partial charge in [-0.05, 0) is 19.5 Å². The van der Waals surface area contributed by atoms with Gasteiger partial charge in [-0.1, -0.05) is 25.1 Å². The predicted molar refractivity (Wildman–Crippen MR) is 71.4 cm³/mol. The zero-order valence-electron chi connectivity index (χ0n) is 10.8. The molecule has 94 valence electrons. The van der Waals surface area contributed by atoms with Crippen LogP contribution >= 0.6 is 0 Å². The van der Waals surface area contributed by atoms with Gasteiger partial charge in [0, 0.05) is 37.4 Å². The van der Waals surface area contributed by atoms with E-state index >= 15 is 0 Å². The van der Waals surface area contributed by atoms with Crippen LogP contribution in [0.3, 0.4) is 0 Å². The highest BCUT2D eigenvalue weighted by molar-refractivity contribution is 5.55. The van der Waals surface area contributed by atoms with Crippen molar-refractivity contribution >= 4 is 5.69 Å². The van der Waals surface area contributed by atoms with E-state index < -0.39 is 0 Å². The molecule has 1 aliphatic rings. The average molecular weight is 234 g/mol. The fraction of sp³-hybridized carbons (Fsp3) is 0.571. The SMILES string of the molecule is CC[C@@H](O)c1ccccc1N1CCN(C)CC1. The number of para-hydroxylation sites is 1. The molecule has 3 nitrogen and oxygen atoms in total. The molecule has 1 aromatic rings. The maximum absolute atomic E-state index is 10.1. The zero-order valence-corrected chi connectivity index (χ0v) is 10.8. The molecule has 0 spiro atoms. The third-order valence-corrected chi connectivity index (χ3v) is 3.53. The van der Waals surface area contributed by atoms with E-state index in [9.17, 15) is 5.11 Å². The summed E-state index contributed by atoms with van der Waals surface area (Å²) in [5.74, 6) is 0. The van der Waals surface area contributed by atoms with Gasteiger partial charge in [0.05, 0.1) is 6.10 Å². The van der Waals surface area contributed by atoms with Crippen LogP contribution < -0.4 is 4.90 Å². The highest BCUT2D eigenvalue weighted by Gasteiger charge is 2.18. The van der Waals surface area contributed by atoms with Crippen LogP contribution in [0, 0.1) is 0 Å². The van der Waals surface area contributed by atoms with Crippen molar-refractivity contribution in [2.75, 3.05) is 38.1 Å². The number of nitrogens with zero attached hydrogens (tertiary/aromatic N) is 2. The van der Waals surface area contributed by atoms with Gasteiger partial charge >= 0.3 is 0 Å². The number of aliphatic hydroxyl groups is 1. The number of anilines is 1. The van der Waals surface area contributed by atoms with Crippen molar-refractivity contribution in [2.45, 2.75) is 19.4 Å². The van der Waals surface area contributed by atoms with Crippen LogP contribution in [0.4, 0.5) is 5.69 Å². The molecule has 0 radical (unpaired) electrons. The van der Waals surface area contributed by atoms with Crippen molar-refractivity contribution in [1.82, 2.24) is 4.90 Å². The van der Waals surface area contributed by atoms with Crippen molar-refractivity contribution in [1.29, 1.82) is 0 Å². The molecular formula is C14H22N2O. The number of hydrogen-bond acceptors (Lipinski definition) is 3. The number of hydrogen-bond donors (Lipinski definition) is 1. The van der Waals surface area contributed by atoms with Crippen LogP contribution in [0.25, 0.3) is 0 Å². The predicted octanol–water partition coefficient (Wildman–Crippen LogP) is 1.88. The van der Waals surface area contributed by atoms with Crippen LogP contribution in [-0.2, 0) is 0 Å². The van der Waals surface area contributed by atoms with Gasteiger partial charge in [-0.25, -0.2) is 0 Å². The Hall–Kier alpha value is -1.06. The van der Waals surface area contributed by atoms with Gasteiger partial charge < -0.3 is 14.9 Å². The van der Waals surface area contributed by atoms with Crippen LogP contribution in [-0.4, -0.2) is 43.2 Å². The Morgan fingerprint density at radius 1 is 1.18 bits per heavy atom. The highest BCUT2D eigenvalue weighted by atomic mass is 16.3. The second-order valence-electron chi connectivity index (χ2n) is 4.77. The van der Waals surface area contributed by atoms with E-state index in [2.05, 4.69) is 29.0 Å². The first-order valence-corrected chi connectivity index (χ1v) is 6.43. The fourth-order valence-corrected chi connectivity index (χ4v) is 2.32. The molecule has 0 amide bonds. The van der Waals surface area contributed by atoms with Gasteiger partial charge in [0.1, 0.15) is 0 Å². The molecule has 17 heavy (non-hydrogen) atoms. The van der Waals surface area contributed by atoms with Crippen LogP contribution in [0.15, 0.2) is 24.3 Å². The molecule has 0 unspecified atom stereocenters. The van der Waals surface area contributed by atoms with Crippen molar-refractivity contribution in [2.24, 2.45) is 0 Å². The Kier molecular flexibility index (Phi) is 4.02. The average Bonchev–Trinajstić information content (AvgIpc) is 2.39. The van der Waals surface area contributed by atoms with Crippen molar-refractivity contribution in [3.05, 3.63) is 29.8 Å². The van der Waals surface area contributed by atoms with Crippen molar-refractivity contribution < 1.29 is 5.11 Å². The lowest BCUT2D eigenvalue weighted by atomic mass is 10.0. The van der Waals surface area contributed by atoms with E-state index in [0.717, 1.165) is 38.2 Å². The topological polar surface area (TPSA) is 26.7 Å². The Morgan fingerprint density at radius 3 is 2.47 bits per heavy atom. The Balaban J connectivity index is 2.19. The molecule has 1 atom stereocenters. The Labute approximate surface area is 104 Å². The summed E-state index contributed by atoms with van der Waals surface area (Å²) in [6.07, 6.45) is 0.427. The standard InChI is InChI=1S/C14H22N2O/c1-3-14(17)12-6-4-5-7-13(12)16-10-8-15(2)9-11-16/h4-7,14,17H,3,8-11H2,1-2H3/t14-/m1/s1. The first-order chi connectivity index (χ1) is 8.22. The van der Waals surface area contributed by atoms with Gasteiger partial charge in [-0.15, -0.1) is 0 Å². The number of benzene rings is 1. The minimum atomic E-state index is -0.342. The lowest BCUT2D eigenvalue weighted by molar-refractivity contribution is 0.173. The molecule has 0 aromatic heterocycles. The number of rotatable bonds is 3. The van der Waals surface area contributed by atoms with E-state index in [1.54, 1.807) is 0 Å². The quantitative estimate of drug-likeness (QED) is 0.865. The number of likely N-dealkylation sites (N-methyl/N-ethyl adjacent to an activating group) is 1. The molecule has 1 heterocycles. The summed E-state index contributed by atoms with van der Waals surface area (Å²) in [6, 6.07) is 8.23. The zero-order chi connectivity index (χ0) is 12.3. The largest absolute Gasteiger partial charge is 0.388 e. The molecule has 1 fully saturated rings. The lowest BCUT2D eigenvalue weighted by Crippen LogP contribution is -2.44. The van der Waals surface area contributed by atoms with Crippen molar-refractivity contribution in [3.63, 3.8) is 0 Å². The van der Waals surface area contributed by atoms with Gasteiger partial charge in [0.2, 0.25) is 0 Å². The van der Waals surface area contributed by atoms with Crippen molar-refractivity contribution in [3.8, 4) is 0 Å². The molecule has 3 heteroatoms. The van der Waals surface area contributed by atoms with Crippen LogP contribution in [0.5, 0.6) is 0 Å². The first-order valence-electron chi connectivity index (χ1n) is 6.43. The lowest BCUT2D eigenvalue weighted by Gasteiger charge is -2.35. The molecule has 0 aliphatic carbocycles. The van der Waals surface area contributed by atoms with E-state index in [1.807, 2.05) is 19.1 Å². The fourth-order valence-electron chi connectivity index (χ4n) is 2.32. The minimum Gasteiger partial charge on any atom is -0.388 e. The molecule has 1 aliphatic heterocycles. The summed E-state index contributed by atoms with van der Waals surface area (Å²) in [7, 11) is 2.16. The molecule has 2 rings (SSSR count). The van der Waals surface area contributed by atoms with Crippen LogP contribution in [0.1, 0.15) is 25.0 Å². The summed E-state index contributed by atoms with van der Waals surface area (Å²) >= 11 is 0. The maximum atomic E-state index is 10.1. The third kappa shape index (κ3) is 2.79. The van der Waals surface area contributed by atoms with Gasteiger partial charge in [0.15, 0.2) is 0 Å². The molecule has 0 saturated carbocycles. The summed E-state index contributed by atoms with van der Waals surface area (Å²) < 4.78 is 0. The minimum absolute atomic E-state index is 0.342. The summed E-state index contributed by atoms with van der Waals surface area (Å²) in [5.41, 5.74) is 2.27. The van der Waals surface area contributed by atoms with E-state index in [4.69, 9.17) is 0 Å². The van der Waals surface area contributed by atoms with Gasteiger partial charge in [0.25, 0.3) is 0 Å².